The van der Waals surface area contributed by atoms with Crippen LogP contribution in [0, 0.1) is 0 Å². The molecular formula is C33H24O2. The molecule has 2 aromatic heterocycles. The van der Waals surface area contributed by atoms with Crippen molar-refractivity contribution in [1.82, 2.24) is 0 Å². The van der Waals surface area contributed by atoms with Gasteiger partial charge in [0.15, 0.2) is 0 Å². The number of fused-ring (bicyclic) bond motifs is 6. The van der Waals surface area contributed by atoms with E-state index in [-0.39, 0.29) is 0 Å². The van der Waals surface area contributed by atoms with Crippen LogP contribution in [0.3, 0.4) is 0 Å². The SMILES string of the molecule is CC(C)c1cc(-c2ccc3oc4ccccc4c3c2)cc(-c2ccc3oc4ccccc4c3c2)c1. The molecule has 7 aromatic rings. The third-order valence-electron chi connectivity index (χ3n) is 7.04. The molecule has 0 N–H and O–H groups in total. The zero-order valence-electron chi connectivity index (χ0n) is 19.7. The highest BCUT2D eigenvalue weighted by molar-refractivity contribution is 6.07. The van der Waals surface area contributed by atoms with E-state index in [4.69, 9.17) is 8.83 Å². The number of rotatable bonds is 3. The van der Waals surface area contributed by atoms with E-state index in [1.807, 2.05) is 24.3 Å². The molecule has 0 fully saturated rings. The Hall–Kier alpha value is -4.30. The molecule has 0 spiro atoms. The summed E-state index contributed by atoms with van der Waals surface area (Å²) in [6, 6.07) is 36.5. The summed E-state index contributed by atoms with van der Waals surface area (Å²) in [6.45, 7) is 4.50. The highest BCUT2D eigenvalue weighted by atomic mass is 16.3. The topological polar surface area (TPSA) is 26.3 Å². The van der Waals surface area contributed by atoms with Gasteiger partial charge in [0.25, 0.3) is 0 Å². The van der Waals surface area contributed by atoms with Gasteiger partial charge in [0.05, 0.1) is 0 Å². The molecule has 2 heteroatoms. The van der Waals surface area contributed by atoms with Crippen molar-refractivity contribution in [2.75, 3.05) is 0 Å². The van der Waals surface area contributed by atoms with Gasteiger partial charge in [-0.1, -0.05) is 74.5 Å². The van der Waals surface area contributed by atoms with Crippen LogP contribution < -0.4 is 0 Å². The molecule has 0 amide bonds. The fraction of sp³-hybridized carbons (Fsp3) is 0.0909. The minimum absolute atomic E-state index is 0.422. The predicted octanol–water partition coefficient (Wildman–Crippen LogP) is 9.94. The Morgan fingerprint density at radius 1 is 0.429 bits per heavy atom. The summed E-state index contributed by atoms with van der Waals surface area (Å²) in [4.78, 5) is 0. The van der Waals surface area contributed by atoms with Crippen molar-refractivity contribution in [3.05, 3.63) is 109 Å². The normalized spacial score (nSPS) is 12.0. The predicted molar refractivity (Wildman–Crippen MR) is 146 cm³/mol. The van der Waals surface area contributed by atoms with Crippen molar-refractivity contribution in [2.24, 2.45) is 0 Å². The summed E-state index contributed by atoms with van der Waals surface area (Å²) in [5, 5.41) is 4.62. The summed E-state index contributed by atoms with van der Waals surface area (Å²) in [5.41, 5.74) is 9.86. The summed E-state index contributed by atoms with van der Waals surface area (Å²) in [5.74, 6) is 0.422. The molecular weight excluding hydrogens is 428 g/mol. The lowest BCUT2D eigenvalue weighted by atomic mass is 9.91. The summed E-state index contributed by atoms with van der Waals surface area (Å²) >= 11 is 0. The molecule has 35 heavy (non-hydrogen) atoms. The van der Waals surface area contributed by atoms with Crippen molar-refractivity contribution in [3.63, 3.8) is 0 Å². The molecule has 2 heterocycles. The van der Waals surface area contributed by atoms with E-state index in [0.29, 0.717) is 5.92 Å². The number of hydrogen-bond donors (Lipinski definition) is 0. The van der Waals surface area contributed by atoms with Gasteiger partial charge in [0.2, 0.25) is 0 Å². The first-order valence-corrected chi connectivity index (χ1v) is 12.1. The number of furan rings is 2. The Labute approximate surface area is 203 Å². The van der Waals surface area contributed by atoms with Gasteiger partial charge in [-0.05, 0) is 76.2 Å². The van der Waals surface area contributed by atoms with Gasteiger partial charge < -0.3 is 8.83 Å². The minimum Gasteiger partial charge on any atom is -0.456 e. The summed E-state index contributed by atoms with van der Waals surface area (Å²) in [6.07, 6.45) is 0. The molecule has 0 aliphatic carbocycles. The number of benzene rings is 5. The fourth-order valence-electron chi connectivity index (χ4n) is 5.13. The van der Waals surface area contributed by atoms with E-state index in [9.17, 15) is 0 Å². The van der Waals surface area contributed by atoms with Crippen molar-refractivity contribution in [3.8, 4) is 22.3 Å². The van der Waals surface area contributed by atoms with Crippen LogP contribution in [0.4, 0.5) is 0 Å². The first-order chi connectivity index (χ1) is 17.1. The second-order valence-corrected chi connectivity index (χ2v) is 9.62. The van der Waals surface area contributed by atoms with Crippen LogP contribution in [-0.4, -0.2) is 0 Å². The van der Waals surface area contributed by atoms with Crippen molar-refractivity contribution in [2.45, 2.75) is 19.8 Å². The molecule has 7 rings (SSSR count). The third-order valence-corrected chi connectivity index (χ3v) is 7.04. The third kappa shape index (κ3) is 3.25. The first-order valence-electron chi connectivity index (χ1n) is 12.1. The zero-order valence-corrected chi connectivity index (χ0v) is 19.7. The van der Waals surface area contributed by atoms with E-state index >= 15 is 0 Å². The molecule has 0 radical (unpaired) electrons. The lowest BCUT2D eigenvalue weighted by molar-refractivity contribution is 0.668. The number of para-hydroxylation sites is 2. The van der Waals surface area contributed by atoms with Gasteiger partial charge in [-0.15, -0.1) is 0 Å². The largest absolute Gasteiger partial charge is 0.456 e. The van der Waals surface area contributed by atoms with Crippen LogP contribution in [0.15, 0.2) is 112 Å². The molecule has 0 saturated heterocycles. The monoisotopic (exact) mass is 452 g/mol. The maximum atomic E-state index is 6.06. The average Bonchev–Trinajstić information content (AvgIpc) is 3.45. The fourth-order valence-corrected chi connectivity index (χ4v) is 5.13. The van der Waals surface area contributed by atoms with E-state index in [0.717, 1.165) is 43.9 Å². The van der Waals surface area contributed by atoms with Crippen LogP contribution in [0.5, 0.6) is 0 Å². The zero-order chi connectivity index (χ0) is 23.5. The second-order valence-electron chi connectivity index (χ2n) is 9.62. The minimum atomic E-state index is 0.422. The molecule has 0 bridgehead atoms. The van der Waals surface area contributed by atoms with Gasteiger partial charge in [0.1, 0.15) is 22.3 Å². The summed E-state index contributed by atoms with van der Waals surface area (Å²) < 4.78 is 12.1. The van der Waals surface area contributed by atoms with Crippen LogP contribution >= 0.6 is 0 Å². The standard InChI is InChI=1S/C33H24O2/c1-20(2)23-15-24(21-11-13-32-28(18-21)26-7-3-5-9-30(26)34-32)17-25(16-23)22-12-14-33-29(19-22)27-8-4-6-10-31(27)35-33/h3-20H,1-2H3. The molecule has 168 valence electrons. The molecule has 0 aliphatic heterocycles. The molecule has 0 atom stereocenters. The van der Waals surface area contributed by atoms with Crippen molar-refractivity contribution >= 4 is 43.9 Å². The highest BCUT2D eigenvalue weighted by Crippen LogP contribution is 2.37. The van der Waals surface area contributed by atoms with Crippen molar-refractivity contribution in [1.29, 1.82) is 0 Å². The van der Waals surface area contributed by atoms with Gasteiger partial charge in [-0.25, -0.2) is 0 Å². The molecule has 0 aliphatic rings. The Morgan fingerprint density at radius 2 is 0.886 bits per heavy atom. The van der Waals surface area contributed by atoms with E-state index < -0.39 is 0 Å². The van der Waals surface area contributed by atoms with Gasteiger partial charge in [-0.2, -0.15) is 0 Å². The van der Waals surface area contributed by atoms with Crippen molar-refractivity contribution < 1.29 is 8.83 Å². The molecule has 5 aromatic carbocycles. The quantitative estimate of drug-likeness (QED) is 0.267. The van der Waals surface area contributed by atoms with Crippen LogP contribution in [0.2, 0.25) is 0 Å². The van der Waals surface area contributed by atoms with Gasteiger partial charge in [0, 0.05) is 21.5 Å². The van der Waals surface area contributed by atoms with E-state index in [2.05, 4.69) is 92.7 Å². The second kappa shape index (κ2) is 7.61. The van der Waals surface area contributed by atoms with Crippen LogP contribution in [0.1, 0.15) is 25.3 Å². The first kappa shape index (κ1) is 20.1. The highest BCUT2D eigenvalue weighted by Gasteiger charge is 2.13. The maximum Gasteiger partial charge on any atom is 0.135 e. The van der Waals surface area contributed by atoms with Crippen LogP contribution in [-0.2, 0) is 0 Å². The van der Waals surface area contributed by atoms with Gasteiger partial charge in [-0.3, -0.25) is 0 Å². The lowest BCUT2D eigenvalue weighted by Gasteiger charge is -2.13. The Balaban J connectivity index is 1.42. The number of hydrogen-bond acceptors (Lipinski definition) is 2. The lowest BCUT2D eigenvalue weighted by Crippen LogP contribution is -1.91. The molecule has 2 nitrogen and oxygen atoms in total. The van der Waals surface area contributed by atoms with Crippen LogP contribution in [0.25, 0.3) is 66.1 Å². The Kier molecular flexibility index (Phi) is 4.37. The van der Waals surface area contributed by atoms with E-state index in [1.165, 1.54) is 27.8 Å². The average molecular weight is 453 g/mol. The summed E-state index contributed by atoms with van der Waals surface area (Å²) in [7, 11) is 0. The van der Waals surface area contributed by atoms with Gasteiger partial charge >= 0.3 is 0 Å². The molecule has 0 unspecified atom stereocenters. The Bertz CT molecular complexity index is 1750. The Morgan fingerprint density at radius 3 is 1.37 bits per heavy atom. The smallest absolute Gasteiger partial charge is 0.135 e. The molecule has 0 saturated carbocycles. The maximum absolute atomic E-state index is 6.06. The van der Waals surface area contributed by atoms with E-state index in [1.54, 1.807) is 0 Å².